The maximum atomic E-state index is 9.61. The molecule has 1 aliphatic carbocycles. The molecule has 0 aliphatic heterocycles. The summed E-state index contributed by atoms with van der Waals surface area (Å²) in [5.74, 6) is 1.06. The first-order chi connectivity index (χ1) is 8.99. The lowest BCUT2D eigenvalue weighted by atomic mass is 9.79. The number of rotatable bonds is 3. The van der Waals surface area contributed by atoms with E-state index in [0.717, 1.165) is 25.7 Å². The van der Waals surface area contributed by atoms with Gasteiger partial charge in [0.1, 0.15) is 0 Å². The van der Waals surface area contributed by atoms with Crippen molar-refractivity contribution in [1.82, 2.24) is 0 Å². The molecule has 1 fully saturated rings. The fraction of sp³-hybridized carbons (Fsp3) is 0.647. The van der Waals surface area contributed by atoms with Crippen LogP contribution in [0.3, 0.4) is 0 Å². The second-order valence-electron chi connectivity index (χ2n) is 6.37. The van der Waals surface area contributed by atoms with Gasteiger partial charge in [0.05, 0.1) is 6.10 Å². The molecule has 2 heteroatoms. The minimum absolute atomic E-state index is 0.105. The fourth-order valence-electron chi connectivity index (χ4n) is 3.09. The molecule has 1 aromatic carbocycles. The Morgan fingerprint density at radius 1 is 1.16 bits per heavy atom. The second-order valence-corrected chi connectivity index (χ2v) is 6.37. The predicted molar refractivity (Wildman–Crippen MR) is 80.2 cm³/mol. The molecule has 0 radical (unpaired) electrons. The molecule has 0 spiro atoms. The van der Waals surface area contributed by atoms with E-state index in [0.29, 0.717) is 11.8 Å². The molecule has 1 aromatic rings. The van der Waals surface area contributed by atoms with Gasteiger partial charge in [-0.05, 0) is 61.1 Å². The number of benzene rings is 1. The van der Waals surface area contributed by atoms with Gasteiger partial charge in [0.2, 0.25) is 0 Å². The van der Waals surface area contributed by atoms with Crippen molar-refractivity contribution in [2.45, 2.75) is 64.5 Å². The van der Waals surface area contributed by atoms with Crippen LogP contribution in [0.1, 0.15) is 68.2 Å². The van der Waals surface area contributed by atoms with E-state index in [1.54, 1.807) is 0 Å². The summed E-state index contributed by atoms with van der Waals surface area (Å²) >= 11 is 0. The standard InChI is InChI=1S/C17H27NO/c1-11(2)14-5-4-12(3)16(10-14)17(18)13-6-8-15(19)9-7-13/h4-5,10-11,13,15,17,19H,6-9,18H2,1-3H3. The third kappa shape index (κ3) is 3.37. The number of aliphatic hydroxyl groups excluding tert-OH is 1. The SMILES string of the molecule is Cc1ccc(C(C)C)cc1C(N)C1CCC(O)CC1. The van der Waals surface area contributed by atoms with E-state index in [9.17, 15) is 5.11 Å². The van der Waals surface area contributed by atoms with Crippen molar-refractivity contribution < 1.29 is 5.11 Å². The molecule has 0 heterocycles. The Hall–Kier alpha value is -0.860. The van der Waals surface area contributed by atoms with E-state index in [-0.39, 0.29) is 12.1 Å². The Kier molecular flexibility index (Phi) is 4.64. The Morgan fingerprint density at radius 2 is 1.79 bits per heavy atom. The summed E-state index contributed by atoms with van der Waals surface area (Å²) in [6, 6.07) is 6.81. The Morgan fingerprint density at radius 3 is 2.37 bits per heavy atom. The van der Waals surface area contributed by atoms with Gasteiger partial charge in [-0.25, -0.2) is 0 Å². The highest BCUT2D eigenvalue weighted by Gasteiger charge is 2.26. The number of nitrogens with two attached hydrogens (primary N) is 1. The smallest absolute Gasteiger partial charge is 0.0540 e. The zero-order chi connectivity index (χ0) is 14.0. The molecule has 0 saturated heterocycles. The summed E-state index contributed by atoms with van der Waals surface area (Å²) in [6.07, 6.45) is 3.80. The Labute approximate surface area is 117 Å². The van der Waals surface area contributed by atoms with Crippen molar-refractivity contribution >= 4 is 0 Å². The second kappa shape index (κ2) is 6.06. The highest BCUT2D eigenvalue weighted by molar-refractivity contribution is 5.35. The fourth-order valence-corrected chi connectivity index (χ4v) is 3.09. The van der Waals surface area contributed by atoms with E-state index in [1.165, 1.54) is 16.7 Å². The summed E-state index contributed by atoms with van der Waals surface area (Å²) in [6.45, 7) is 6.59. The zero-order valence-corrected chi connectivity index (χ0v) is 12.4. The highest BCUT2D eigenvalue weighted by Crippen LogP contribution is 2.35. The molecule has 2 nitrogen and oxygen atoms in total. The molecule has 3 N–H and O–H groups in total. The number of hydrogen-bond acceptors (Lipinski definition) is 2. The van der Waals surface area contributed by atoms with Crippen molar-refractivity contribution in [2.24, 2.45) is 11.7 Å². The van der Waals surface area contributed by atoms with Crippen LogP contribution in [0.5, 0.6) is 0 Å². The Balaban J connectivity index is 2.18. The quantitative estimate of drug-likeness (QED) is 0.872. The van der Waals surface area contributed by atoms with E-state index in [1.807, 2.05) is 0 Å². The molecule has 1 atom stereocenters. The molecule has 19 heavy (non-hydrogen) atoms. The molecule has 2 rings (SSSR count). The molecule has 0 amide bonds. The van der Waals surface area contributed by atoms with Crippen molar-refractivity contribution in [1.29, 1.82) is 0 Å². The van der Waals surface area contributed by atoms with Crippen LogP contribution in [0.25, 0.3) is 0 Å². The first-order valence-electron chi connectivity index (χ1n) is 7.53. The summed E-state index contributed by atoms with van der Waals surface area (Å²) in [4.78, 5) is 0. The molecular weight excluding hydrogens is 234 g/mol. The largest absolute Gasteiger partial charge is 0.393 e. The van der Waals surface area contributed by atoms with Crippen LogP contribution >= 0.6 is 0 Å². The maximum Gasteiger partial charge on any atom is 0.0540 e. The molecule has 0 bridgehead atoms. The molecule has 1 aliphatic rings. The van der Waals surface area contributed by atoms with Gasteiger partial charge >= 0.3 is 0 Å². The lowest BCUT2D eigenvalue weighted by molar-refractivity contribution is 0.102. The third-order valence-corrected chi connectivity index (χ3v) is 4.58. The lowest BCUT2D eigenvalue weighted by Crippen LogP contribution is -2.28. The van der Waals surface area contributed by atoms with Crippen LogP contribution in [-0.4, -0.2) is 11.2 Å². The van der Waals surface area contributed by atoms with Crippen LogP contribution in [-0.2, 0) is 0 Å². The van der Waals surface area contributed by atoms with Gasteiger partial charge in [0.15, 0.2) is 0 Å². The average Bonchev–Trinajstić information content (AvgIpc) is 2.39. The topological polar surface area (TPSA) is 46.2 Å². The maximum absolute atomic E-state index is 9.61. The Bertz CT molecular complexity index is 419. The number of hydrogen-bond donors (Lipinski definition) is 2. The third-order valence-electron chi connectivity index (χ3n) is 4.58. The van der Waals surface area contributed by atoms with Crippen molar-refractivity contribution in [3.8, 4) is 0 Å². The summed E-state index contributed by atoms with van der Waals surface area (Å²) in [5, 5.41) is 9.61. The van der Waals surface area contributed by atoms with Gasteiger partial charge in [-0.15, -0.1) is 0 Å². The van der Waals surface area contributed by atoms with Crippen molar-refractivity contribution in [3.05, 3.63) is 34.9 Å². The monoisotopic (exact) mass is 261 g/mol. The normalized spacial score (nSPS) is 25.6. The van der Waals surface area contributed by atoms with Crippen LogP contribution in [0, 0.1) is 12.8 Å². The minimum Gasteiger partial charge on any atom is -0.393 e. The van der Waals surface area contributed by atoms with Crippen molar-refractivity contribution in [3.63, 3.8) is 0 Å². The average molecular weight is 261 g/mol. The van der Waals surface area contributed by atoms with E-state index >= 15 is 0 Å². The van der Waals surface area contributed by atoms with Gasteiger partial charge in [0.25, 0.3) is 0 Å². The van der Waals surface area contributed by atoms with Crippen LogP contribution in [0.15, 0.2) is 18.2 Å². The molecular formula is C17H27NO. The first kappa shape index (κ1) is 14.5. The molecule has 1 saturated carbocycles. The van der Waals surface area contributed by atoms with Gasteiger partial charge in [-0.2, -0.15) is 0 Å². The van der Waals surface area contributed by atoms with Crippen molar-refractivity contribution in [2.75, 3.05) is 0 Å². The van der Waals surface area contributed by atoms with Gasteiger partial charge < -0.3 is 10.8 Å². The minimum atomic E-state index is -0.105. The first-order valence-corrected chi connectivity index (χ1v) is 7.53. The summed E-state index contributed by atoms with van der Waals surface area (Å²) in [5.41, 5.74) is 10.5. The number of aryl methyl sites for hydroxylation is 1. The molecule has 1 unspecified atom stereocenters. The van der Waals surface area contributed by atoms with E-state index in [4.69, 9.17) is 5.73 Å². The predicted octanol–water partition coefficient (Wildman–Crippen LogP) is 3.67. The van der Waals surface area contributed by atoms with Crippen LogP contribution in [0.2, 0.25) is 0 Å². The van der Waals surface area contributed by atoms with E-state index < -0.39 is 0 Å². The van der Waals surface area contributed by atoms with Crippen LogP contribution < -0.4 is 5.73 Å². The van der Waals surface area contributed by atoms with Gasteiger partial charge in [-0.1, -0.05) is 32.0 Å². The van der Waals surface area contributed by atoms with Crippen LogP contribution in [0.4, 0.5) is 0 Å². The van der Waals surface area contributed by atoms with Gasteiger partial charge in [0, 0.05) is 6.04 Å². The lowest BCUT2D eigenvalue weighted by Gasteiger charge is -2.31. The molecule has 106 valence electrons. The highest BCUT2D eigenvalue weighted by atomic mass is 16.3. The van der Waals surface area contributed by atoms with Gasteiger partial charge in [-0.3, -0.25) is 0 Å². The summed E-state index contributed by atoms with van der Waals surface area (Å²) < 4.78 is 0. The number of aliphatic hydroxyl groups is 1. The molecule has 0 aromatic heterocycles. The summed E-state index contributed by atoms with van der Waals surface area (Å²) in [7, 11) is 0. The van der Waals surface area contributed by atoms with E-state index in [2.05, 4.69) is 39.0 Å². The zero-order valence-electron chi connectivity index (χ0n) is 12.4.